The van der Waals surface area contributed by atoms with E-state index < -0.39 is 6.10 Å². The van der Waals surface area contributed by atoms with Crippen LogP contribution in [0.4, 0.5) is 0 Å². The van der Waals surface area contributed by atoms with E-state index in [0.717, 1.165) is 22.8 Å². The van der Waals surface area contributed by atoms with Gasteiger partial charge in [0.2, 0.25) is 0 Å². The van der Waals surface area contributed by atoms with Gasteiger partial charge < -0.3 is 15.2 Å². The molecule has 118 valence electrons. The van der Waals surface area contributed by atoms with Crippen LogP contribution in [0, 0.1) is 25.7 Å². The van der Waals surface area contributed by atoms with Gasteiger partial charge in [0.1, 0.15) is 18.5 Å². The number of rotatable bonds is 6. The lowest BCUT2D eigenvalue weighted by Crippen LogP contribution is -2.39. The fourth-order valence-electron chi connectivity index (χ4n) is 3.21. The van der Waals surface area contributed by atoms with Crippen LogP contribution >= 0.6 is 0 Å². The van der Waals surface area contributed by atoms with Crippen molar-refractivity contribution in [3.05, 3.63) is 29.3 Å². The summed E-state index contributed by atoms with van der Waals surface area (Å²) in [5, 5.41) is 13.6. The van der Waals surface area contributed by atoms with Crippen LogP contribution in [0.1, 0.15) is 37.8 Å². The van der Waals surface area contributed by atoms with Gasteiger partial charge in [-0.1, -0.05) is 32.0 Å². The van der Waals surface area contributed by atoms with Crippen LogP contribution < -0.4 is 10.1 Å². The summed E-state index contributed by atoms with van der Waals surface area (Å²) in [5.41, 5.74) is 2.24. The van der Waals surface area contributed by atoms with Crippen molar-refractivity contribution in [2.75, 3.05) is 13.2 Å². The van der Waals surface area contributed by atoms with Gasteiger partial charge in [-0.2, -0.15) is 0 Å². The lowest BCUT2D eigenvalue weighted by Gasteiger charge is -2.22. The minimum absolute atomic E-state index is 0.343. The number of benzene rings is 1. The number of aliphatic hydroxyl groups excluding tert-OH is 1. The van der Waals surface area contributed by atoms with Crippen molar-refractivity contribution in [1.82, 2.24) is 5.32 Å². The molecule has 2 N–H and O–H groups in total. The molecule has 0 radical (unpaired) electrons. The molecule has 0 saturated heterocycles. The summed E-state index contributed by atoms with van der Waals surface area (Å²) < 4.78 is 5.80. The van der Waals surface area contributed by atoms with E-state index in [1.807, 2.05) is 32.0 Å². The zero-order chi connectivity index (χ0) is 15.4. The highest BCUT2D eigenvalue weighted by atomic mass is 16.5. The van der Waals surface area contributed by atoms with Crippen LogP contribution in [0.15, 0.2) is 18.2 Å². The van der Waals surface area contributed by atoms with Crippen LogP contribution in [-0.2, 0) is 0 Å². The van der Waals surface area contributed by atoms with Crippen LogP contribution in [0.3, 0.4) is 0 Å². The maximum Gasteiger partial charge on any atom is 0.125 e. The first-order valence-corrected chi connectivity index (χ1v) is 8.09. The van der Waals surface area contributed by atoms with Gasteiger partial charge in [-0.25, -0.2) is 0 Å². The lowest BCUT2D eigenvalue weighted by atomic mass is 9.98. The van der Waals surface area contributed by atoms with Crippen LogP contribution in [0.5, 0.6) is 5.75 Å². The first-order chi connectivity index (χ1) is 9.99. The van der Waals surface area contributed by atoms with Crippen molar-refractivity contribution >= 4 is 0 Å². The smallest absolute Gasteiger partial charge is 0.125 e. The molecule has 2 rings (SSSR count). The van der Waals surface area contributed by atoms with Gasteiger partial charge >= 0.3 is 0 Å². The molecule has 0 spiro atoms. The van der Waals surface area contributed by atoms with Crippen molar-refractivity contribution in [3.8, 4) is 5.75 Å². The summed E-state index contributed by atoms with van der Waals surface area (Å²) in [6.45, 7) is 9.63. The Balaban J connectivity index is 1.76. The Labute approximate surface area is 128 Å². The fourth-order valence-corrected chi connectivity index (χ4v) is 3.21. The Kier molecular flexibility index (Phi) is 5.65. The molecular weight excluding hydrogens is 262 g/mol. The number of hydrogen-bond acceptors (Lipinski definition) is 3. The largest absolute Gasteiger partial charge is 0.490 e. The van der Waals surface area contributed by atoms with E-state index in [1.165, 1.54) is 12.8 Å². The van der Waals surface area contributed by atoms with Gasteiger partial charge in [0.15, 0.2) is 0 Å². The molecule has 1 aliphatic carbocycles. The summed E-state index contributed by atoms with van der Waals surface area (Å²) in [6, 6.07) is 6.64. The normalized spacial score (nSPS) is 26.8. The highest BCUT2D eigenvalue weighted by molar-refractivity contribution is 5.39. The summed E-state index contributed by atoms with van der Waals surface area (Å²) in [5.74, 6) is 2.38. The Morgan fingerprint density at radius 1 is 1.24 bits per heavy atom. The molecule has 1 aromatic rings. The molecule has 0 bridgehead atoms. The average molecular weight is 291 g/mol. The average Bonchev–Trinajstić information content (AvgIpc) is 2.76. The van der Waals surface area contributed by atoms with Crippen molar-refractivity contribution in [3.63, 3.8) is 0 Å². The van der Waals surface area contributed by atoms with Gasteiger partial charge in [0.05, 0.1) is 0 Å². The molecule has 4 atom stereocenters. The van der Waals surface area contributed by atoms with Crippen molar-refractivity contribution in [1.29, 1.82) is 0 Å². The lowest BCUT2D eigenvalue weighted by molar-refractivity contribution is 0.101. The van der Waals surface area contributed by atoms with E-state index >= 15 is 0 Å². The molecule has 1 aliphatic rings. The first-order valence-electron chi connectivity index (χ1n) is 8.09. The highest BCUT2D eigenvalue weighted by Crippen LogP contribution is 2.31. The van der Waals surface area contributed by atoms with E-state index in [0.29, 0.717) is 25.1 Å². The molecule has 0 heterocycles. The number of hydrogen-bond donors (Lipinski definition) is 2. The van der Waals surface area contributed by atoms with Crippen LogP contribution in [-0.4, -0.2) is 30.4 Å². The number of aryl methyl sites for hydroxylation is 2. The standard InChI is InChI=1S/C18H29NO2/c1-12-8-9-17(15(12)4)19-10-16(20)11-21-18-13(2)6-5-7-14(18)3/h5-7,12,15-17,19-20H,8-11H2,1-4H3. The minimum Gasteiger partial charge on any atom is -0.490 e. The van der Waals surface area contributed by atoms with Crippen molar-refractivity contribution in [2.45, 2.75) is 52.7 Å². The summed E-state index contributed by atoms with van der Waals surface area (Å²) >= 11 is 0. The molecule has 4 unspecified atom stereocenters. The van der Waals surface area contributed by atoms with E-state index in [4.69, 9.17) is 4.74 Å². The summed E-state index contributed by atoms with van der Waals surface area (Å²) in [4.78, 5) is 0. The first kappa shape index (κ1) is 16.3. The molecule has 1 fully saturated rings. The monoisotopic (exact) mass is 291 g/mol. The summed E-state index contributed by atoms with van der Waals surface area (Å²) in [6.07, 6.45) is 2.04. The maximum absolute atomic E-state index is 10.1. The highest BCUT2D eigenvalue weighted by Gasteiger charge is 2.29. The van der Waals surface area contributed by atoms with Gasteiger partial charge in [0, 0.05) is 12.6 Å². The molecule has 3 nitrogen and oxygen atoms in total. The van der Waals surface area contributed by atoms with Gasteiger partial charge in [-0.15, -0.1) is 0 Å². The van der Waals surface area contributed by atoms with Crippen molar-refractivity contribution in [2.24, 2.45) is 11.8 Å². The predicted octanol–water partition coefficient (Wildman–Crippen LogP) is 3.07. The topological polar surface area (TPSA) is 41.5 Å². The van der Waals surface area contributed by atoms with Gasteiger partial charge in [-0.3, -0.25) is 0 Å². The molecule has 0 aliphatic heterocycles. The molecule has 3 heteroatoms. The third-order valence-electron chi connectivity index (χ3n) is 4.91. The number of aliphatic hydroxyl groups is 1. The molecule has 21 heavy (non-hydrogen) atoms. The second-order valence-electron chi connectivity index (χ2n) is 6.61. The van der Waals surface area contributed by atoms with E-state index in [-0.39, 0.29) is 0 Å². The SMILES string of the molecule is Cc1cccc(C)c1OCC(O)CNC1CCC(C)C1C. The Morgan fingerprint density at radius 2 is 1.90 bits per heavy atom. The van der Waals surface area contributed by atoms with Crippen LogP contribution in [0.2, 0.25) is 0 Å². The minimum atomic E-state index is -0.466. The zero-order valence-electron chi connectivity index (χ0n) is 13.7. The molecule has 1 saturated carbocycles. The van der Waals surface area contributed by atoms with E-state index in [1.54, 1.807) is 0 Å². The number of para-hydroxylation sites is 1. The van der Waals surface area contributed by atoms with E-state index in [2.05, 4.69) is 19.2 Å². The quantitative estimate of drug-likeness (QED) is 0.846. The van der Waals surface area contributed by atoms with Crippen LogP contribution in [0.25, 0.3) is 0 Å². The predicted molar refractivity (Wildman–Crippen MR) is 86.8 cm³/mol. The fraction of sp³-hybridized carbons (Fsp3) is 0.667. The third-order valence-corrected chi connectivity index (χ3v) is 4.91. The second-order valence-corrected chi connectivity index (χ2v) is 6.61. The zero-order valence-corrected chi connectivity index (χ0v) is 13.7. The summed E-state index contributed by atoms with van der Waals surface area (Å²) in [7, 11) is 0. The molecule has 0 amide bonds. The Hall–Kier alpha value is -1.06. The maximum atomic E-state index is 10.1. The second kappa shape index (κ2) is 7.28. The molecule has 0 aromatic heterocycles. The molecule has 1 aromatic carbocycles. The number of ether oxygens (including phenoxy) is 1. The van der Waals surface area contributed by atoms with E-state index in [9.17, 15) is 5.11 Å². The van der Waals surface area contributed by atoms with Crippen molar-refractivity contribution < 1.29 is 9.84 Å². The molecular formula is C18H29NO2. The Morgan fingerprint density at radius 3 is 2.48 bits per heavy atom. The number of nitrogens with one attached hydrogen (secondary N) is 1. The Bertz CT molecular complexity index is 440. The van der Waals surface area contributed by atoms with Gasteiger partial charge in [-0.05, 0) is 49.7 Å². The third kappa shape index (κ3) is 4.21. The van der Waals surface area contributed by atoms with Gasteiger partial charge in [0.25, 0.3) is 0 Å².